The minimum absolute atomic E-state index is 0.395. The Morgan fingerprint density at radius 1 is 0.250 bits per heavy atom. The van der Waals surface area contributed by atoms with E-state index in [2.05, 4.69) is 182 Å². The highest BCUT2D eigenvalue weighted by Gasteiger charge is 2.34. The minimum Gasteiger partial charge on any atom is -0.0682 e. The summed E-state index contributed by atoms with van der Waals surface area (Å²) in [5.74, 6) is 1.62. The van der Waals surface area contributed by atoms with Crippen LogP contribution in [0, 0.1) is 0 Å². The van der Waals surface area contributed by atoms with Gasteiger partial charge in [0.2, 0.25) is 0 Å². The summed E-state index contributed by atoms with van der Waals surface area (Å²) in [6, 6.07) is 59.3. The molecule has 0 saturated heterocycles. The van der Waals surface area contributed by atoms with Crippen molar-refractivity contribution in [1.29, 1.82) is 0 Å². The van der Waals surface area contributed by atoms with E-state index in [4.69, 9.17) is 0 Å². The molecule has 0 bridgehead atoms. The maximum atomic E-state index is 2.52. The van der Waals surface area contributed by atoms with Crippen LogP contribution in [0.4, 0.5) is 0 Å². The zero-order chi connectivity index (χ0) is 33.9. The molecule has 0 nitrogen and oxygen atoms in total. The summed E-state index contributed by atoms with van der Waals surface area (Å²) in [6.07, 6.45) is 10.0. The number of hydrogen-bond acceptors (Lipinski definition) is 0. The summed E-state index contributed by atoms with van der Waals surface area (Å²) >= 11 is 0. The van der Waals surface area contributed by atoms with Crippen molar-refractivity contribution >= 4 is 45.8 Å². The Kier molecular flexibility index (Phi) is 5.82. The normalized spacial score (nSPS) is 19.8. The molecule has 8 aromatic rings. The van der Waals surface area contributed by atoms with Gasteiger partial charge in [-0.2, -0.15) is 0 Å². The Balaban J connectivity index is 0.856. The lowest BCUT2D eigenvalue weighted by molar-refractivity contribution is 0.834. The van der Waals surface area contributed by atoms with E-state index < -0.39 is 0 Å². The van der Waals surface area contributed by atoms with Crippen LogP contribution in [0.1, 0.15) is 45.9 Å². The molecule has 0 spiro atoms. The first-order chi connectivity index (χ1) is 25.7. The summed E-state index contributed by atoms with van der Waals surface area (Å²) in [5, 5.41) is 11.0. The quantitative estimate of drug-likeness (QED) is 0.177. The van der Waals surface area contributed by atoms with E-state index >= 15 is 0 Å². The summed E-state index contributed by atoms with van der Waals surface area (Å²) in [7, 11) is 0. The second kappa shape index (κ2) is 10.6. The molecule has 4 atom stereocenters. The van der Waals surface area contributed by atoms with Crippen molar-refractivity contribution in [2.75, 3.05) is 0 Å². The van der Waals surface area contributed by atoms with E-state index in [1.165, 1.54) is 98.1 Å². The van der Waals surface area contributed by atoms with E-state index in [1.807, 2.05) is 0 Å². The first-order valence-electron chi connectivity index (χ1n) is 18.7. The Bertz CT molecular complexity index is 3080. The van der Waals surface area contributed by atoms with Crippen molar-refractivity contribution in [2.24, 2.45) is 0 Å². The minimum atomic E-state index is 0.395. The molecule has 4 aliphatic rings. The molecule has 0 aliphatic heterocycles. The fourth-order valence-electron chi connectivity index (χ4n) is 10.1. The Morgan fingerprint density at radius 2 is 0.577 bits per heavy atom. The maximum absolute atomic E-state index is 2.52. The lowest BCUT2D eigenvalue weighted by Crippen LogP contribution is -2.30. The van der Waals surface area contributed by atoms with Crippen LogP contribution >= 0.6 is 0 Å². The highest BCUT2D eigenvalue weighted by molar-refractivity contribution is 5.96. The number of fused-ring (bicyclic) bond motifs is 8. The van der Waals surface area contributed by atoms with Gasteiger partial charge in [-0.15, -0.1) is 0 Å². The van der Waals surface area contributed by atoms with Crippen LogP contribution in [0.25, 0.3) is 79.2 Å². The van der Waals surface area contributed by atoms with Gasteiger partial charge in [0.15, 0.2) is 0 Å². The molecule has 4 unspecified atom stereocenters. The average molecular weight is 659 g/mol. The monoisotopic (exact) mass is 658 g/mol. The summed E-state index contributed by atoms with van der Waals surface area (Å²) < 4.78 is 0. The van der Waals surface area contributed by atoms with Crippen LogP contribution in [0.3, 0.4) is 0 Å². The Hall–Kier alpha value is -6.24. The molecule has 242 valence electrons. The van der Waals surface area contributed by atoms with Crippen LogP contribution in [0.5, 0.6) is 0 Å². The van der Waals surface area contributed by atoms with Crippen molar-refractivity contribution in [3.8, 4) is 33.4 Å². The topological polar surface area (TPSA) is 0 Å². The van der Waals surface area contributed by atoms with Gasteiger partial charge in [0.1, 0.15) is 0 Å². The third-order valence-corrected chi connectivity index (χ3v) is 12.5. The van der Waals surface area contributed by atoms with Gasteiger partial charge in [-0.3, -0.25) is 0 Å². The molecule has 0 heteroatoms. The zero-order valence-corrected chi connectivity index (χ0v) is 28.6. The molecular weight excluding hydrogens is 625 g/mol. The average Bonchev–Trinajstić information content (AvgIpc) is 3.69. The number of hydrogen-bond donors (Lipinski definition) is 0. The maximum Gasteiger partial charge on any atom is 0.0137 e. The molecule has 0 heterocycles. The Morgan fingerprint density at radius 3 is 1.02 bits per heavy atom. The summed E-state index contributed by atoms with van der Waals surface area (Å²) in [5.41, 5.74) is 13.4. The van der Waals surface area contributed by atoms with Gasteiger partial charge >= 0.3 is 0 Å². The lowest BCUT2D eigenvalue weighted by Gasteiger charge is -2.19. The van der Waals surface area contributed by atoms with Crippen molar-refractivity contribution in [1.82, 2.24) is 0 Å². The SMILES string of the molecule is C1=c2ccc(-c3ccc(-c4cccc(-c5ccc6c(c5)=CC5c7cccc8cccc(c78)C5C=6)c4)cc3)cc2=CC2c3cccc4cccc(c34)C12. The van der Waals surface area contributed by atoms with Gasteiger partial charge in [-0.05, 0) is 116 Å². The molecule has 0 amide bonds. The van der Waals surface area contributed by atoms with Gasteiger partial charge < -0.3 is 0 Å². The fourth-order valence-corrected chi connectivity index (χ4v) is 10.1. The van der Waals surface area contributed by atoms with Crippen molar-refractivity contribution in [2.45, 2.75) is 23.7 Å². The lowest BCUT2D eigenvalue weighted by atomic mass is 9.84. The molecule has 12 rings (SSSR count). The third-order valence-electron chi connectivity index (χ3n) is 12.5. The van der Waals surface area contributed by atoms with Crippen molar-refractivity contribution in [3.63, 3.8) is 0 Å². The van der Waals surface area contributed by atoms with E-state index in [1.54, 1.807) is 0 Å². The van der Waals surface area contributed by atoms with Gasteiger partial charge in [0.25, 0.3) is 0 Å². The molecule has 0 radical (unpaired) electrons. The molecular formula is C52H34. The van der Waals surface area contributed by atoms with Gasteiger partial charge in [0, 0.05) is 23.7 Å². The predicted molar refractivity (Wildman–Crippen MR) is 218 cm³/mol. The fraction of sp³-hybridized carbons (Fsp3) is 0.0769. The largest absolute Gasteiger partial charge is 0.0682 e. The zero-order valence-electron chi connectivity index (χ0n) is 28.6. The number of rotatable bonds is 3. The van der Waals surface area contributed by atoms with Crippen LogP contribution in [-0.2, 0) is 0 Å². The molecule has 0 aromatic heterocycles. The van der Waals surface area contributed by atoms with Crippen LogP contribution in [0.2, 0.25) is 0 Å². The molecule has 0 fully saturated rings. The first kappa shape index (κ1) is 28.5. The van der Waals surface area contributed by atoms with Crippen LogP contribution in [0.15, 0.2) is 158 Å². The highest BCUT2D eigenvalue weighted by Crippen LogP contribution is 2.50. The molecule has 0 N–H and O–H groups in total. The van der Waals surface area contributed by atoms with E-state index in [0.717, 1.165) is 0 Å². The van der Waals surface area contributed by atoms with E-state index in [9.17, 15) is 0 Å². The molecule has 0 saturated carbocycles. The number of benzene rings is 8. The molecule has 8 aromatic carbocycles. The van der Waals surface area contributed by atoms with Crippen molar-refractivity contribution < 1.29 is 0 Å². The first-order valence-corrected chi connectivity index (χ1v) is 18.7. The van der Waals surface area contributed by atoms with Gasteiger partial charge in [-0.1, -0.05) is 164 Å². The summed E-state index contributed by atoms with van der Waals surface area (Å²) in [6.45, 7) is 0. The second-order valence-electron chi connectivity index (χ2n) is 15.2. The van der Waals surface area contributed by atoms with Gasteiger partial charge in [-0.25, -0.2) is 0 Å². The van der Waals surface area contributed by atoms with Crippen LogP contribution in [-0.4, -0.2) is 0 Å². The second-order valence-corrected chi connectivity index (χ2v) is 15.2. The predicted octanol–water partition coefficient (Wildman–Crippen LogP) is 9.91. The molecule has 52 heavy (non-hydrogen) atoms. The summed E-state index contributed by atoms with van der Waals surface area (Å²) in [4.78, 5) is 0. The van der Waals surface area contributed by atoms with E-state index in [-0.39, 0.29) is 0 Å². The highest BCUT2D eigenvalue weighted by atomic mass is 14.4. The molecule has 4 aliphatic carbocycles. The van der Waals surface area contributed by atoms with Gasteiger partial charge in [0.05, 0.1) is 0 Å². The third kappa shape index (κ3) is 4.10. The standard InChI is InChI=1S/C52H34/c1-10-35(24-36(11-1)38-21-23-40-28-48-44-13-3-7-34-9-5-15-46(52(34)44)50(48)30-42(40)26-38)31-16-18-32(19-17-31)37-20-22-39-27-47-43-12-2-6-33-8-4-14-45(51(33)43)49(47)29-41(39)25-37/h1-30,47-50H. The van der Waals surface area contributed by atoms with Crippen LogP contribution < -0.4 is 20.9 Å². The van der Waals surface area contributed by atoms with E-state index in [0.29, 0.717) is 23.7 Å². The Labute approximate surface area is 302 Å². The smallest absolute Gasteiger partial charge is 0.0137 e. The van der Waals surface area contributed by atoms with Crippen molar-refractivity contribution in [3.05, 3.63) is 201 Å².